The van der Waals surface area contributed by atoms with Crippen LogP contribution in [0, 0.1) is 0 Å². The lowest BCUT2D eigenvalue weighted by Gasteiger charge is -2.29. The molecular weight excluding hydrogens is 428 g/mol. The normalized spacial score (nSPS) is 17.7. The Morgan fingerprint density at radius 1 is 0.882 bits per heavy atom. The van der Waals surface area contributed by atoms with E-state index in [4.69, 9.17) is 5.73 Å². The number of amides is 3. The zero-order valence-electron chi connectivity index (χ0n) is 20.6. The number of imide groups is 1. The second kappa shape index (κ2) is 14.1. The Bertz CT molecular complexity index is 826. The van der Waals surface area contributed by atoms with E-state index in [1.165, 1.54) is 70.6 Å². The number of anilines is 1. The van der Waals surface area contributed by atoms with E-state index in [-0.39, 0.29) is 24.1 Å². The van der Waals surface area contributed by atoms with Crippen molar-refractivity contribution in [3.63, 3.8) is 0 Å². The van der Waals surface area contributed by atoms with Crippen LogP contribution in [0.1, 0.15) is 106 Å². The SMILES string of the molecule is NCCCCCCCCCCCCCCNc1cccc2c1CN(C1CCC(=O)NC1=O)C2=O. The van der Waals surface area contributed by atoms with E-state index in [1.54, 1.807) is 4.90 Å². The fourth-order valence-electron chi connectivity index (χ4n) is 5.01. The number of rotatable bonds is 16. The van der Waals surface area contributed by atoms with Gasteiger partial charge in [0.05, 0.1) is 0 Å². The lowest BCUT2D eigenvalue weighted by atomic mass is 10.0. The molecule has 1 atom stereocenters. The highest BCUT2D eigenvalue weighted by Crippen LogP contribution is 2.32. The lowest BCUT2D eigenvalue weighted by Crippen LogP contribution is -2.52. The molecule has 3 rings (SSSR count). The van der Waals surface area contributed by atoms with Crippen LogP contribution in [-0.4, -0.2) is 41.8 Å². The van der Waals surface area contributed by atoms with E-state index in [0.29, 0.717) is 18.5 Å². The molecule has 7 heteroatoms. The molecule has 3 amide bonds. The predicted molar refractivity (Wildman–Crippen MR) is 135 cm³/mol. The largest absolute Gasteiger partial charge is 0.385 e. The van der Waals surface area contributed by atoms with Crippen LogP contribution in [0.25, 0.3) is 0 Å². The molecule has 1 unspecified atom stereocenters. The van der Waals surface area contributed by atoms with Gasteiger partial charge in [0.15, 0.2) is 0 Å². The first-order valence-electron chi connectivity index (χ1n) is 13.3. The molecule has 7 nitrogen and oxygen atoms in total. The summed E-state index contributed by atoms with van der Waals surface area (Å²) in [5.41, 5.74) is 8.12. The number of unbranched alkanes of at least 4 members (excludes halogenated alkanes) is 11. The minimum Gasteiger partial charge on any atom is -0.385 e. The van der Waals surface area contributed by atoms with E-state index in [0.717, 1.165) is 30.8 Å². The average molecular weight is 471 g/mol. The second-order valence-corrected chi connectivity index (χ2v) is 9.69. The Balaban J connectivity index is 1.30. The Morgan fingerprint density at radius 3 is 2.12 bits per heavy atom. The number of hydrogen-bond acceptors (Lipinski definition) is 5. The van der Waals surface area contributed by atoms with Gasteiger partial charge in [0.1, 0.15) is 6.04 Å². The van der Waals surface area contributed by atoms with Gasteiger partial charge in [0, 0.05) is 36.3 Å². The summed E-state index contributed by atoms with van der Waals surface area (Å²) in [7, 11) is 0. The van der Waals surface area contributed by atoms with E-state index in [1.807, 2.05) is 18.2 Å². The smallest absolute Gasteiger partial charge is 0.255 e. The number of fused-ring (bicyclic) bond motifs is 1. The number of nitrogens with one attached hydrogen (secondary N) is 2. The summed E-state index contributed by atoms with van der Waals surface area (Å²) in [6.07, 6.45) is 16.1. The van der Waals surface area contributed by atoms with E-state index >= 15 is 0 Å². The molecule has 2 aliphatic heterocycles. The predicted octanol–water partition coefficient (Wildman–Crippen LogP) is 4.50. The average Bonchev–Trinajstić information content (AvgIpc) is 3.16. The van der Waals surface area contributed by atoms with Crippen molar-refractivity contribution >= 4 is 23.4 Å². The van der Waals surface area contributed by atoms with Gasteiger partial charge in [-0.3, -0.25) is 19.7 Å². The minimum atomic E-state index is -0.568. The third-order valence-electron chi connectivity index (χ3n) is 7.03. The van der Waals surface area contributed by atoms with Gasteiger partial charge in [-0.2, -0.15) is 0 Å². The van der Waals surface area contributed by atoms with E-state index in [2.05, 4.69) is 10.6 Å². The first-order chi connectivity index (χ1) is 16.6. The molecule has 0 aromatic heterocycles. The molecule has 0 bridgehead atoms. The zero-order chi connectivity index (χ0) is 24.2. The van der Waals surface area contributed by atoms with Crippen molar-refractivity contribution < 1.29 is 14.4 Å². The maximum absolute atomic E-state index is 12.9. The third-order valence-corrected chi connectivity index (χ3v) is 7.03. The monoisotopic (exact) mass is 470 g/mol. The van der Waals surface area contributed by atoms with Gasteiger partial charge in [-0.25, -0.2) is 0 Å². The summed E-state index contributed by atoms with van der Waals surface area (Å²) < 4.78 is 0. The van der Waals surface area contributed by atoms with Gasteiger partial charge in [0.2, 0.25) is 11.8 Å². The Hall–Kier alpha value is -2.41. The maximum atomic E-state index is 12.9. The van der Waals surface area contributed by atoms with Crippen molar-refractivity contribution in [3.05, 3.63) is 29.3 Å². The van der Waals surface area contributed by atoms with Crippen molar-refractivity contribution in [3.8, 4) is 0 Å². The lowest BCUT2D eigenvalue weighted by molar-refractivity contribution is -0.136. The number of carbonyl (C=O) groups excluding carboxylic acids is 3. The van der Waals surface area contributed by atoms with Crippen LogP contribution in [0.15, 0.2) is 18.2 Å². The molecule has 2 aliphatic rings. The van der Waals surface area contributed by atoms with E-state index < -0.39 is 6.04 Å². The topological polar surface area (TPSA) is 105 Å². The first-order valence-corrected chi connectivity index (χ1v) is 13.3. The van der Waals surface area contributed by atoms with Gasteiger partial charge in [-0.05, 0) is 37.9 Å². The number of nitrogens with zero attached hydrogens (tertiary/aromatic N) is 1. The highest BCUT2D eigenvalue weighted by atomic mass is 16.2. The molecule has 34 heavy (non-hydrogen) atoms. The Kier molecular flexibility index (Phi) is 10.9. The van der Waals surface area contributed by atoms with Crippen molar-refractivity contribution in [2.45, 2.75) is 102 Å². The molecule has 4 N–H and O–H groups in total. The number of nitrogens with two attached hydrogens (primary N) is 1. The summed E-state index contributed by atoms with van der Waals surface area (Å²) in [6.45, 7) is 2.12. The van der Waals surface area contributed by atoms with Crippen LogP contribution >= 0.6 is 0 Å². The van der Waals surface area contributed by atoms with Crippen LogP contribution in [0.4, 0.5) is 5.69 Å². The standard InChI is InChI=1S/C27H42N4O3/c28-18-11-9-7-5-3-1-2-4-6-8-10-12-19-29-23-15-13-14-21-22(23)20-31(27(21)34)24-16-17-25(32)30-26(24)33/h13-15,24,29H,1-12,16-20,28H2,(H,30,32,33). The van der Waals surface area contributed by atoms with Crippen molar-refractivity contribution in [2.75, 3.05) is 18.4 Å². The molecule has 1 aromatic rings. The van der Waals surface area contributed by atoms with Gasteiger partial charge in [0.25, 0.3) is 5.91 Å². The van der Waals surface area contributed by atoms with Crippen LogP contribution in [-0.2, 0) is 16.1 Å². The van der Waals surface area contributed by atoms with Crippen molar-refractivity contribution in [1.29, 1.82) is 0 Å². The molecule has 0 radical (unpaired) electrons. The van der Waals surface area contributed by atoms with Crippen LogP contribution in [0.5, 0.6) is 0 Å². The number of piperidine rings is 1. The molecule has 2 heterocycles. The summed E-state index contributed by atoms with van der Waals surface area (Å²) in [5, 5.41) is 5.86. The maximum Gasteiger partial charge on any atom is 0.255 e. The second-order valence-electron chi connectivity index (χ2n) is 9.69. The molecule has 0 saturated carbocycles. The molecular formula is C27H42N4O3. The van der Waals surface area contributed by atoms with Crippen LogP contribution in [0.3, 0.4) is 0 Å². The fourth-order valence-corrected chi connectivity index (χ4v) is 5.01. The quantitative estimate of drug-likeness (QED) is 0.244. The molecule has 188 valence electrons. The molecule has 1 saturated heterocycles. The highest BCUT2D eigenvalue weighted by Gasteiger charge is 2.39. The van der Waals surface area contributed by atoms with E-state index in [9.17, 15) is 14.4 Å². The third kappa shape index (κ3) is 7.55. The number of benzene rings is 1. The zero-order valence-corrected chi connectivity index (χ0v) is 20.6. The fraction of sp³-hybridized carbons (Fsp3) is 0.667. The van der Waals surface area contributed by atoms with Gasteiger partial charge in [-0.15, -0.1) is 0 Å². The highest BCUT2D eigenvalue weighted by molar-refractivity contribution is 6.06. The summed E-state index contributed by atoms with van der Waals surface area (Å²) in [5.74, 6) is -0.750. The number of hydrogen-bond donors (Lipinski definition) is 3. The molecule has 1 fully saturated rings. The molecule has 0 spiro atoms. The van der Waals surface area contributed by atoms with Gasteiger partial charge < -0.3 is 16.0 Å². The minimum absolute atomic E-state index is 0.122. The van der Waals surface area contributed by atoms with Crippen molar-refractivity contribution in [2.24, 2.45) is 5.73 Å². The van der Waals surface area contributed by atoms with Gasteiger partial charge in [-0.1, -0.05) is 70.3 Å². The van der Waals surface area contributed by atoms with Crippen LogP contribution in [0.2, 0.25) is 0 Å². The number of carbonyl (C=O) groups is 3. The Morgan fingerprint density at radius 2 is 1.50 bits per heavy atom. The Labute approximate surface area is 204 Å². The first kappa shape index (κ1) is 26.2. The summed E-state index contributed by atoms with van der Waals surface area (Å²) in [4.78, 5) is 38.2. The summed E-state index contributed by atoms with van der Waals surface area (Å²) >= 11 is 0. The molecule has 0 aliphatic carbocycles. The van der Waals surface area contributed by atoms with Gasteiger partial charge >= 0.3 is 0 Å². The van der Waals surface area contributed by atoms with Crippen molar-refractivity contribution in [1.82, 2.24) is 10.2 Å². The molecule has 1 aromatic carbocycles. The summed E-state index contributed by atoms with van der Waals surface area (Å²) in [6, 6.07) is 5.16. The van der Waals surface area contributed by atoms with Crippen LogP contribution < -0.4 is 16.4 Å².